The Balaban J connectivity index is 1.57. The zero-order valence-electron chi connectivity index (χ0n) is 14.3. The summed E-state index contributed by atoms with van der Waals surface area (Å²) in [5.74, 6) is -0.708. The molecule has 1 aliphatic rings. The van der Waals surface area contributed by atoms with Crippen LogP contribution in [0.2, 0.25) is 0 Å². The van der Waals surface area contributed by atoms with Gasteiger partial charge in [-0.2, -0.15) is 0 Å². The van der Waals surface area contributed by atoms with Crippen LogP contribution in [-0.4, -0.2) is 21.8 Å². The molecule has 28 heavy (non-hydrogen) atoms. The fourth-order valence-corrected chi connectivity index (χ4v) is 4.49. The van der Waals surface area contributed by atoms with E-state index in [0.717, 1.165) is 41.9 Å². The molecule has 0 radical (unpaired) electrons. The van der Waals surface area contributed by atoms with Crippen LogP contribution in [0.1, 0.15) is 23.2 Å². The highest BCUT2D eigenvalue weighted by Crippen LogP contribution is 2.33. The molecule has 0 bridgehead atoms. The molecule has 4 aromatic rings. The highest BCUT2D eigenvalue weighted by atomic mass is 79.9. The zero-order chi connectivity index (χ0) is 19.4. The molecule has 2 aromatic heterocycles. The number of halogens is 2. The van der Waals surface area contributed by atoms with Gasteiger partial charge in [0.05, 0.1) is 0 Å². The Kier molecular flexibility index (Phi) is 4.15. The summed E-state index contributed by atoms with van der Waals surface area (Å²) < 4.78 is 1.90. The summed E-state index contributed by atoms with van der Waals surface area (Å²) >= 11 is 6.91. The van der Waals surface area contributed by atoms with E-state index in [1.54, 1.807) is 0 Å². The van der Waals surface area contributed by atoms with E-state index in [4.69, 9.17) is 0 Å². The van der Waals surface area contributed by atoms with Gasteiger partial charge in [0.15, 0.2) is 0 Å². The second kappa shape index (κ2) is 6.58. The summed E-state index contributed by atoms with van der Waals surface area (Å²) in [5, 5.41) is 7.64. The summed E-state index contributed by atoms with van der Waals surface area (Å²) in [6.45, 7) is 0. The van der Waals surface area contributed by atoms with E-state index in [1.807, 2.05) is 48.8 Å². The lowest BCUT2D eigenvalue weighted by molar-refractivity contribution is -0.136. The number of nitrogens with one attached hydrogen (secondary N) is 4. The molecule has 2 amide bonds. The maximum atomic E-state index is 12.6. The fraction of sp³-hybridized carbons (Fsp3) is 0.100. The molecule has 4 N–H and O–H groups in total. The molecule has 2 atom stereocenters. The molecular weight excluding hydrogens is 488 g/mol. The predicted molar refractivity (Wildman–Crippen MR) is 114 cm³/mol. The minimum atomic E-state index is -0.641. The zero-order valence-corrected chi connectivity index (χ0v) is 17.5. The number of aromatic nitrogens is 2. The van der Waals surface area contributed by atoms with Gasteiger partial charge in [0.1, 0.15) is 12.1 Å². The number of rotatable bonds is 2. The van der Waals surface area contributed by atoms with Gasteiger partial charge in [0, 0.05) is 54.3 Å². The topological polar surface area (TPSA) is 89.8 Å². The highest BCUT2D eigenvalue weighted by Gasteiger charge is 2.37. The first-order valence-electron chi connectivity index (χ1n) is 8.65. The van der Waals surface area contributed by atoms with Crippen molar-refractivity contribution in [1.82, 2.24) is 20.6 Å². The Bertz CT molecular complexity index is 1160. The SMILES string of the molecule is O=C1NC(=O)C(c2c[nH]c3cc(Br)ccc23)NC1c1c[nH]c2cc(Br)ccc12. The number of carbonyl (C=O) groups is 2. The first-order chi connectivity index (χ1) is 13.5. The van der Waals surface area contributed by atoms with Crippen LogP contribution in [0.25, 0.3) is 21.8 Å². The van der Waals surface area contributed by atoms with Crippen LogP contribution >= 0.6 is 31.9 Å². The van der Waals surface area contributed by atoms with E-state index >= 15 is 0 Å². The van der Waals surface area contributed by atoms with Gasteiger partial charge in [-0.25, -0.2) is 0 Å². The smallest absolute Gasteiger partial charge is 0.248 e. The summed E-state index contributed by atoms with van der Waals surface area (Å²) in [6.07, 6.45) is 3.63. The van der Waals surface area contributed by atoms with Crippen LogP contribution in [0, 0.1) is 0 Å². The van der Waals surface area contributed by atoms with Crippen LogP contribution in [0.4, 0.5) is 0 Å². The Morgan fingerprint density at radius 2 is 1.18 bits per heavy atom. The van der Waals surface area contributed by atoms with E-state index in [-0.39, 0.29) is 11.8 Å². The number of aromatic amines is 2. The lowest BCUT2D eigenvalue weighted by atomic mass is 9.97. The first-order valence-corrected chi connectivity index (χ1v) is 10.2. The Morgan fingerprint density at radius 3 is 1.64 bits per heavy atom. The lowest BCUT2D eigenvalue weighted by Crippen LogP contribution is -2.52. The Hall–Kier alpha value is -2.42. The van der Waals surface area contributed by atoms with Gasteiger partial charge in [-0.1, -0.05) is 44.0 Å². The molecule has 6 nitrogen and oxygen atoms in total. The van der Waals surface area contributed by atoms with Gasteiger partial charge >= 0.3 is 0 Å². The summed E-state index contributed by atoms with van der Waals surface area (Å²) in [7, 11) is 0. The highest BCUT2D eigenvalue weighted by molar-refractivity contribution is 9.10. The molecule has 5 rings (SSSR count). The molecule has 2 aromatic carbocycles. The van der Waals surface area contributed by atoms with Gasteiger partial charge in [-0.3, -0.25) is 20.2 Å². The molecule has 3 heterocycles. The van der Waals surface area contributed by atoms with Crippen LogP contribution in [0.15, 0.2) is 57.7 Å². The van der Waals surface area contributed by atoms with E-state index in [1.165, 1.54) is 0 Å². The maximum absolute atomic E-state index is 12.6. The van der Waals surface area contributed by atoms with E-state index < -0.39 is 12.1 Å². The molecule has 1 saturated heterocycles. The predicted octanol–water partition coefficient (Wildman–Crippen LogP) is 4.20. The molecule has 0 saturated carbocycles. The number of hydrogen-bond acceptors (Lipinski definition) is 3. The van der Waals surface area contributed by atoms with Crippen molar-refractivity contribution < 1.29 is 9.59 Å². The normalized spacial score (nSPS) is 20.1. The van der Waals surface area contributed by atoms with Gasteiger partial charge in [0.2, 0.25) is 11.8 Å². The maximum Gasteiger partial charge on any atom is 0.248 e. The first kappa shape index (κ1) is 17.7. The second-order valence-electron chi connectivity index (χ2n) is 6.75. The minimum absolute atomic E-state index is 0.354. The largest absolute Gasteiger partial charge is 0.361 e. The average molecular weight is 502 g/mol. The third kappa shape index (κ3) is 2.80. The Morgan fingerprint density at radius 1 is 0.714 bits per heavy atom. The standard InChI is InChI=1S/C20H14Br2N4O2/c21-9-1-3-11-13(7-23-15(11)5-9)17-19(27)26-20(28)18(25-17)14-8-24-16-6-10(22)2-4-12(14)16/h1-8,17-18,23-25H,(H,26,27,28). The van der Waals surface area contributed by atoms with Crippen LogP contribution < -0.4 is 10.6 Å². The second-order valence-corrected chi connectivity index (χ2v) is 8.59. The summed E-state index contributed by atoms with van der Waals surface area (Å²) in [6, 6.07) is 10.4. The number of piperazine rings is 1. The third-order valence-corrected chi connectivity index (χ3v) is 6.06. The van der Waals surface area contributed by atoms with Crippen LogP contribution in [0.3, 0.4) is 0 Å². The van der Waals surface area contributed by atoms with Crippen molar-refractivity contribution in [3.05, 3.63) is 68.9 Å². The molecule has 8 heteroatoms. The number of carbonyl (C=O) groups excluding carboxylic acids is 2. The molecule has 0 spiro atoms. The number of imide groups is 1. The molecule has 140 valence electrons. The Labute approximate surface area is 176 Å². The molecule has 1 aliphatic heterocycles. The van der Waals surface area contributed by atoms with E-state index in [9.17, 15) is 9.59 Å². The van der Waals surface area contributed by atoms with Crippen LogP contribution in [-0.2, 0) is 9.59 Å². The van der Waals surface area contributed by atoms with E-state index in [2.05, 4.69) is 52.5 Å². The van der Waals surface area contributed by atoms with Crippen molar-refractivity contribution in [2.75, 3.05) is 0 Å². The molecular formula is C20H14Br2N4O2. The third-order valence-electron chi connectivity index (χ3n) is 5.08. The van der Waals surface area contributed by atoms with Gasteiger partial charge in [-0.15, -0.1) is 0 Å². The minimum Gasteiger partial charge on any atom is -0.361 e. The molecule has 1 fully saturated rings. The number of H-pyrrole nitrogens is 2. The number of fused-ring (bicyclic) bond motifs is 2. The lowest BCUT2D eigenvalue weighted by Gasteiger charge is -2.29. The van der Waals surface area contributed by atoms with Gasteiger partial charge in [-0.05, 0) is 24.3 Å². The van der Waals surface area contributed by atoms with Crippen molar-refractivity contribution in [1.29, 1.82) is 0 Å². The summed E-state index contributed by atoms with van der Waals surface area (Å²) in [4.78, 5) is 31.6. The molecule has 2 unspecified atom stereocenters. The quantitative estimate of drug-likeness (QED) is 0.310. The van der Waals surface area contributed by atoms with Crippen molar-refractivity contribution in [2.45, 2.75) is 12.1 Å². The van der Waals surface area contributed by atoms with Crippen molar-refractivity contribution in [3.8, 4) is 0 Å². The fourth-order valence-electron chi connectivity index (χ4n) is 3.77. The van der Waals surface area contributed by atoms with E-state index in [0.29, 0.717) is 0 Å². The monoisotopic (exact) mass is 500 g/mol. The van der Waals surface area contributed by atoms with Crippen molar-refractivity contribution in [2.24, 2.45) is 0 Å². The average Bonchev–Trinajstić information content (AvgIpc) is 3.25. The van der Waals surface area contributed by atoms with Crippen molar-refractivity contribution in [3.63, 3.8) is 0 Å². The van der Waals surface area contributed by atoms with Crippen molar-refractivity contribution >= 4 is 65.5 Å². The van der Waals surface area contributed by atoms with Crippen LogP contribution in [0.5, 0.6) is 0 Å². The number of hydrogen-bond donors (Lipinski definition) is 4. The number of benzene rings is 2. The summed E-state index contributed by atoms with van der Waals surface area (Å²) in [5.41, 5.74) is 3.45. The van der Waals surface area contributed by atoms with Gasteiger partial charge in [0.25, 0.3) is 0 Å². The molecule has 0 aliphatic carbocycles. The van der Waals surface area contributed by atoms with Gasteiger partial charge < -0.3 is 9.97 Å². The number of amides is 2.